The van der Waals surface area contributed by atoms with Gasteiger partial charge in [0.05, 0.1) is 28.6 Å². The Bertz CT molecular complexity index is 627. The van der Waals surface area contributed by atoms with Gasteiger partial charge in [-0.05, 0) is 53.3 Å². The van der Waals surface area contributed by atoms with Gasteiger partial charge in [-0.3, -0.25) is 9.36 Å². The summed E-state index contributed by atoms with van der Waals surface area (Å²) in [5.41, 5.74) is 5.53. The van der Waals surface area contributed by atoms with Crippen LogP contribution in [0, 0.1) is 20.8 Å². The molecule has 0 saturated heterocycles. The van der Waals surface area contributed by atoms with Gasteiger partial charge >= 0.3 is 0 Å². The normalized spacial score (nSPS) is 11.3. The van der Waals surface area contributed by atoms with E-state index < -0.39 is 0 Å². The fourth-order valence-electron chi connectivity index (χ4n) is 2.66. The van der Waals surface area contributed by atoms with Crippen LogP contribution >= 0.6 is 11.6 Å². The van der Waals surface area contributed by atoms with Crippen LogP contribution in [0.2, 0.25) is 5.02 Å². The number of rotatable bonds is 6. The van der Waals surface area contributed by atoms with Crippen LogP contribution in [-0.4, -0.2) is 33.2 Å². The lowest BCUT2D eigenvalue weighted by Gasteiger charge is -2.08. The van der Waals surface area contributed by atoms with Crippen molar-refractivity contribution in [2.75, 3.05) is 13.6 Å². The minimum atomic E-state index is 0.666. The molecule has 116 valence electrons. The van der Waals surface area contributed by atoms with Crippen molar-refractivity contribution >= 4 is 11.6 Å². The summed E-state index contributed by atoms with van der Waals surface area (Å²) in [6.45, 7) is 10.6. The highest BCUT2D eigenvalue weighted by Crippen LogP contribution is 2.23. The number of likely N-dealkylation sites (N-methyl/N-ethyl adjacent to an activating group) is 1. The third kappa shape index (κ3) is 3.14. The van der Waals surface area contributed by atoms with Crippen LogP contribution in [0.3, 0.4) is 0 Å². The first-order chi connectivity index (χ1) is 9.99. The molecule has 2 heterocycles. The lowest BCUT2D eigenvalue weighted by Crippen LogP contribution is -2.12. The second-order valence-electron chi connectivity index (χ2n) is 5.32. The van der Waals surface area contributed by atoms with Crippen LogP contribution in [0.25, 0.3) is 0 Å². The summed E-state index contributed by atoms with van der Waals surface area (Å²) < 4.78 is 4.00. The minimum Gasteiger partial charge on any atom is -0.319 e. The quantitative estimate of drug-likeness (QED) is 0.892. The molecule has 1 N–H and O–H groups in total. The van der Waals surface area contributed by atoms with E-state index in [-0.39, 0.29) is 0 Å². The van der Waals surface area contributed by atoms with Crippen molar-refractivity contribution in [1.29, 1.82) is 0 Å². The van der Waals surface area contributed by atoms with Crippen molar-refractivity contribution in [3.05, 3.63) is 33.4 Å². The highest BCUT2D eigenvalue weighted by molar-refractivity contribution is 6.31. The van der Waals surface area contributed by atoms with E-state index in [4.69, 9.17) is 11.6 Å². The molecule has 5 nitrogen and oxygen atoms in total. The fraction of sp³-hybridized carbons (Fsp3) is 0.600. The van der Waals surface area contributed by atoms with E-state index in [9.17, 15) is 0 Å². The zero-order valence-electron chi connectivity index (χ0n) is 13.5. The summed E-state index contributed by atoms with van der Waals surface area (Å²) in [6.07, 6.45) is 0.994. The highest BCUT2D eigenvalue weighted by Gasteiger charge is 2.16. The summed E-state index contributed by atoms with van der Waals surface area (Å²) in [4.78, 5) is 0. The van der Waals surface area contributed by atoms with Crippen molar-refractivity contribution in [1.82, 2.24) is 24.9 Å². The van der Waals surface area contributed by atoms with Crippen molar-refractivity contribution in [3.63, 3.8) is 0 Å². The van der Waals surface area contributed by atoms with E-state index in [0.717, 1.165) is 41.6 Å². The topological polar surface area (TPSA) is 47.7 Å². The molecule has 0 spiro atoms. The Labute approximate surface area is 131 Å². The number of hydrogen-bond donors (Lipinski definition) is 1. The summed E-state index contributed by atoms with van der Waals surface area (Å²) in [7, 11) is 1.97. The van der Waals surface area contributed by atoms with Crippen LogP contribution in [-0.2, 0) is 19.5 Å². The van der Waals surface area contributed by atoms with Gasteiger partial charge in [0.2, 0.25) is 0 Å². The second-order valence-corrected chi connectivity index (χ2v) is 5.70. The Balaban J connectivity index is 2.32. The molecule has 0 bridgehead atoms. The lowest BCUT2D eigenvalue weighted by molar-refractivity contribution is 0.566. The molecule has 2 aromatic rings. The Morgan fingerprint density at radius 2 is 1.76 bits per heavy atom. The number of aromatic nitrogens is 4. The van der Waals surface area contributed by atoms with Crippen LogP contribution in [0.4, 0.5) is 0 Å². The third-order valence-electron chi connectivity index (χ3n) is 3.91. The molecule has 0 aromatic carbocycles. The molecule has 0 radical (unpaired) electrons. The summed E-state index contributed by atoms with van der Waals surface area (Å²) in [6, 6.07) is 0. The van der Waals surface area contributed by atoms with E-state index in [0.29, 0.717) is 6.54 Å². The molecular formula is C15H24ClN5. The molecule has 0 amide bonds. The zero-order chi connectivity index (χ0) is 15.6. The van der Waals surface area contributed by atoms with E-state index in [1.54, 1.807) is 0 Å². The maximum Gasteiger partial charge on any atom is 0.0866 e. The molecule has 2 rings (SSSR count). The third-order valence-corrected chi connectivity index (χ3v) is 4.40. The van der Waals surface area contributed by atoms with Crippen molar-refractivity contribution in [3.8, 4) is 0 Å². The van der Waals surface area contributed by atoms with Crippen molar-refractivity contribution in [2.45, 2.75) is 47.2 Å². The molecule has 0 unspecified atom stereocenters. The van der Waals surface area contributed by atoms with Gasteiger partial charge in [-0.2, -0.15) is 10.2 Å². The molecule has 0 aliphatic carbocycles. The lowest BCUT2D eigenvalue weighted by atomic mass is 10.1. The zero-order valence-corrected chi connectivity index (χ0v) is 14.3. The molecule has 2 aromatic heterocycles. The van der Waals surface area contributed by atoms with Gasteiger partial charge < -0.3 is 5.32 Å². The summed E-state index contributed by atoms with van der Waals surface area (Å²) in [5.74, 6) is 0. The Morgan fingerprint density at radius 3 is 2.38 bits per heavy atom. The predicted molar refractivity (Wildman–Crippen MR) is 86.1 cm³/mol. The Hall–Kier alpha value is -1.33. The van der Waals surface area contributed by atoms with Gasteiger partial charge in [0.1, 0.15) is 0 Å². The fourth-order valence-corrected chi connectivity index (χ4v) is 2.86. The number of aryl methyl sites for hydroxylation is 3. The number of halogens is 1. The first kappa shape index (κ1) is 16.0. The molecular weight excluding hydrogens is 286 g/mol. The molecule has 6 heteroatoms. The smallest absolute Gasteiger partial charge is 0.0866 e. The molecule has 0 fully saturated rings. The number of hydrogen-bond acceptors (Lipinski definition) is 3. The average Bonchev–Trinajstić information content (AvgIpc) is 2.88. The van der Waals surface area contributed by atoms with Crippen LogP contribution < -0.4 is 5.32 Å². The SMILES string of the molecule is CCn1nc(C)c(Cl)c1Cn1nc(C)c(CCNC)c1C. The van der Waals surface area contributed by atoms with Gasteiger partial charge in [-0.1, -0.05) is 11.6 Å². The monoisotopic (exact) mass is 309 g/mol. The molecule has 0 saturated carbocycles. The molecule has 21 heavy (non-hydrogen) atoms. The van der Waals surface area contributed by atoms with Crippen LogP contribution in [0.15, 0.2) is 0 Å². The Kier molecular flexibility index (Phi) is 5.06. The van der Waals surface area contributed by atoms with Gasteiger partial charge in [0.15, 0.2) is 0 Å². The van der Waals surface area contributed by atoms with Gasteiger partial charge in [-0.25, -0.2) is 0 Å². The minimum absolute atomic E-state index is 0.666. The van der Waals surface area contributed by atoms with Crippen molar-refractivity contribution in [2.24, 2.45) is 0 Å². The first-order valence-electron chi connectivity index (χ1n) is 7.38. The first-order valence-corrected chi connectivity index (χ1v) is 7.76. The summed E-state index contributed by atoms with van der Waals surface area (Å²) in [5, 5.41) is 13.1. The van der Waals surface area contributed by atoms with Crippen molar-refractivity contribution < 1.29 is 0 Å². The van der Waals surface area contributed by atoms with E-state index in [1.165, 1.54) is 11.3 Å². The number of nitrogens with one attached hydrogen (secondary N) is 1. The average molecular weight is 310 g/mol. The van der Waals surface area contributed by atoms with E-state index in [1.807, 2.05) is 23.3 Å². The largest absolute Gasteiger partial charge is 0.319 e. The maximum absolute atomic E-state index is 6.39. The predicted octanol–water partition coefficient (Wildman–Crippen LogP) is 2.49. The van der Waals surface area contributed by atoms with E-state index >= 15 is 0 Å². The number of nitrogens with zero attached hydrogens (tertiary/aromatic N) is 4. The van der Waals surface area contributed by atoms with Gasteiger partial charge in [0.25, 0.3) is 0 Å². The maximum atomic E-state index is 6.39. The molecule has 0 atom stereocenters. The molecule has 0 aliphatic rings. The summed E-state index contributed by atoms with van der Waals surface area (Å²) >= 11 is 6.39. The second kappa shape index (κ2) is 6.62. The Morgan fingerprint density at radius 1 is 1.10 bits per heavy atom. The van der Waals surface area contributed by atoms with Crippen LogP contribution in [0.1, 0.15) is 35.3 Å². The van der Waals surface area contributed by atoms with Gasteiger partial charge in [0, 0.05) is 12.2 Å². The standard InChI is InChI=1S/C15H24ClN5/c1-6-20-14(15(16)11(3)19-20)9-21-12(4)13(7-8-17-5)10(2)18-21/h17H,6-9H2,1-5H3. The van der Waals surface area contributed by atoms with Crippen LogP contribution in [0.5, 0.6) is 0 Å². The van der Waals surface area contributed by atoms with Gasteiger partial charge in [-0.15, -0.1) is 0 Å². The highest BCUT2D eigenvalue weighted by atomic mass is 35.5. The van der Waals surface area contributed by atoms with E-state index in [2.05, 4.69) is 36.3 Å². The molecule has 0 aliphatic heterocycles.